The fourth-order valence-electron chi connectivity index (χ4n) is 3.91. The molecule has 1 atom stereocenters. The number of benzene rings is 1. The van der Waals surface area contributed by atoms with Crippen LogP contribution in [-0.4, -0.2) is 36.3 Å². The average Bonchev–Trinajstić information content (AvgIpc) is 3.48. The summed E-state index contributed by atoms with van der Waals surface area (Å²) in [7, 11) is 0. The van der Waals surface area contributed by atoms with Crippen LogP contribution in [0.1, 0.15) is 44.2 Å². The van der Waals surface area contributed by atoms with Crippen molar-refractivity contribution in [1.82, 2.24) is 10.2 Å². The van der Waals surface area contributed by atoms with Gasteiger partial charge in [-0.05, 0) is 73.5 Å². The molecule has 3 heterocycles. The first kappa shape index (κ1) is 21.3. The normalized spacial score (nSPS) is 16.7. The first-order valence-corrected chi connectivity index (χ1v) is 11.4. The van der Waals surface area contributed by atoms with Crippen LogP contribution in [0.25, 0.3) is 0 Å². The van der Waals surface area contributed by atoms with Crippen LogP contribution < -0.4 is 10.6 Å². The molecule has 0 radical (unpaired) electrons. The van der Waals surface area contributed by atoms with Crippen LogP contribution in [0.15, 0.2) is 58.5 Å². The summed E-state index contributed by atoms with van der Waals surface area (Å²) in [5.74, 6) is 0.225. The molecule has 7 heteroatoms. The first-order chi connectivity index (χ1) is 15.1. The van der Waals surface area contributed by atoms with Gasteiger partial charge in [0.25, 0.3) is 11.8 Å². The van der Waals surface area contributed by atoms with E-state index < -0.39 is 0 Å². The maximum absolute atomic E-state index is 12.7. The third kappa shape index (κ3) is 5.62. The van der Waals surface area contributed by atoms with Crippen molar-refractivity contribution in [2.45, 2.75) is 26.3 Å². The largest absolute Gasteiger partial charge is 0.459 e. The third-order valence-electron chi connectivity index (χ3n) is 5.61. The molecule has 0 spiro atoms. The maximum Gasteiger partial charge on any atom is 0.291 e. The van der Waals surface area contributed by atoms with Gasteiger partial charge >= 0.3 is 0 Å². The van der Waals surface area contributed by atoms with Crippen molar-refractivity contribution in [3.8, 4) is 0 Å². The van der Waals surface area contributed by atoms with Gasteiger partial charge in [-0.15, -0.1) is 11.3 Å². The summed E-state index contributed by atoms with van der Waals surface area (Å²) in [5.41, 5.74) is 2.02. The number of hydrogen-bond donors (Lipinski definition) is 2. The average molecular weight is 438 g/mol. The zero-order chi connectivity index (χ0) is 21.6. The molecule has 4 rings (SSSR count). The Morgan fingerprint density at radius 3 is 2.87 bits per heavy atom. The Morgan fingerprint density at radius 2 is 2.10 bits per heavy atom. The number of aryl methyl sites for hydroxylation is 1. The number of amides is 2. The van der Waals surface area contributed by atoms with E-state index in [0.717, 1.165) is 38.0 Å². The number of piperidine rings is 1. The van der Waals surface area contributed by atoms with Crippen LogP contribution in [0.4, 0.5) is 5.69 Å². The number of carbonyl (C=O) groups excluding carboxylic acids is 2. The highest BCUT2D eigenvalue weighted by Crippen LogP contribution is 2.21. The molecule has 1 fully saturated rings. The summed E-state index contributed by atoms with van der Waals surface area (Å²) in [6.45, 7) is 5.64. The zero-order valence-electron chi connectivity index (χ0n) is 17.6. The van der Waals surface area contributed by atoms with Gasteiger partial charge in [-0.2, -0.15) is 0 Å². The quantitative estimate of drug-likeness (QED) is 0.569. The number of likely N-dealkylation sites (tertiary alicyclic amines) is 1. The summed E-state index contributed by atoms with van der Waals surface area (Å²) in [5, 5.41) is 8.02. The standard InChI is InChI=1S/C24H27N3O3S/c1-17-8-9-19(13-21(17)26-24(29)22-7-3-11-30-22)23(28)25-14-18-5-2-10-27(15-18)16-20-6-4-12-31-20/h3-4,6-9,11-13,18H,2,5,10,14-16H2,1H3,(H,25,28)(H,26,29). The molecule has 0 bridgehead atoms. The SMILES string of the molecule is Cc1ccc(C(=O)NCC2CCCN(Cc3cccs3)C2)cc1NC(=O)c1ccco1. The van der Waals surface area contributed by atoms with Gasteiger partial charge in [0.15, 0.2) is 5.76 Å². The van der Waals surface area contributed by atoms with Crippen molar-refractivity contribution in [2.24, 2.45) is 5.92 Å². The lowest BCUT2D eigenvalue weighted by molar-refractivity contribution is 0.0929. The van der Waals surface area contributed by atoms with Crippen molar-refractivity contribution in [3.05, 3.63) is 75.9 Å². The van der Waals surface area contributed by atoms with Gasteiger partial charge in [-0.3, -0.25) is 14.5 Å². The number of thiophene rings is 1. The summed E-state index contributed by atoms with van der Waals surface area (Å²) in [4.78, 5) is 28.9. The van der Waals surface area contributed by atoms with E-state index in [0.29, 0.717) is 23.7 Å². The topological polar surface area (TPSA) is 74.6 Å². The second kappa shape index (κ2) is 9.94. The van der Waals surface area contributed by atoms with E-state index in [-0.39, 0.29) is 17.6 Å². The maximum atomic E-state index is 12.7. The molecule has 3 aromatic rings. The number of rotatable bonds is 7. The van der Waals surface area contributed by atoms with E-state index in [9.17, 15) is 9.59 Å². The molecule has 2 N–H and O–H groups in total. The number of anilines is 1. The van der Waals surface area contributed by atoms with Crippen LogP contribution in [0, 0.1) is 12.8 Å². The lowest BCUT2D eigenvalue weighted by atomic mass is 9.97. The second-order valence-corrected chi connectivity index (χ2v) is 9.03. The molecular weight excluding hydrogens is 410 g/mol. The molecule has 0 saturated carbocycles. The smallest absolute Gasteiger partial charge is 0.291 e. The Kier molecular flexibility index (Phi) is 6.84. The van der Waals surface area contributed by atoms with Gasteiger partial charge in [-0.1, -0.05) is 12.1 Å². The predicted octanol–water partition coefficient (Wildman–Crippen LogP) is 4.54. The van der Waals surface area contributed by atoms with Crippen molar-refractivity contribution in [2.75, 3.05) is 25.0 Å². The minimum atomic E-state index is -0.335. The van der Waals surface area contributed by atoms with Crippen molar-refractivity contribution in [3.63, 3.8) is 0 Å². The molecule has 31 heavy (non-hydrogen) atoms. The molecule has 162 valence electrons. The fourth-order valence-corrected chi connectivity index (χ4v) is 4.66. The Hall–Kier alpha value is -2.90. The Balaban J connectivity index is 1.32. The van der Waals surface area contributed by atoms with Crippen LogP contribution in [0.5, 0.6) is 0 Å². The number of carbonyl (C=O) groups is 2. The molecule has 1 aliphatic heterocycles. The molecule has 1 aromatic carbocycles. The Morgan fingerprint density at radius 1 is 1.19 bits per heavy atom. The van der Waals surface area contributed by atoms with Crippen molar-refractivity contribution in [1.29, 1.82) is 0 Å². The molecule has 2 amide bonds. The predicted molar refractivity (Wildman–Crippen MR) is 122 cm³/mol. The number of nitrogens with one attached hydrogen (secondary N) is 2. The number of nitrogens with zero attached hydrogens (tertiary/aromatic N) is 1. The summed E-state index contributed by atoms with van der Waals surface area (Å²) in [6, 6.07) is 12.9. The lowest BCUT2D eigenvalue weighted by Gasteiger charge is -2.32. The minimum absolute atomic E-state index is 0.121. The number of furan rings is 1. The minimum Gasteiger partial charge on any atom is -0.459 e. The highest BCUT2D eigenvalue weighted by Gasteiger charge is 2.21. The van der Waals surface area contributed by atoms with E-state index in [4.69, 9.17) is 4.42 Å². The van der Waals surface area contributed by atoms with E-state index in [2.05, 4.69) is 33.0 Å². The highest BCUT2D eigenvalue weighted by atomic mass is 32.1. The number of hydrogen-bond acceptors (Lipinski definition) is 5. The third-order valence-corrected chi connectivity index (χ3v) is 6.47. The molecule has 2 aromatic heterocycles. The van der Waals surface area contributed by atoms with Crippen LogP contribution in [0.3, 0.4) is 0 Å². The molecule has 1 aliphatic rings. The van der Waals surface area contributed by atoms with Crippen LogP contribution in [-0.2, 0) is 6.54 Å². The molecular formula is C24H27N3O3S. The Bertz CT molecular complexity index is 1010. The lowest BCUT2D eigenvalue weighted by Crippen LogP contribution is -2.40. The fraction of sp³-hybridized carbons (Fsp3) is 0.333. The van der Waals surface area contributed by atoms with E-state index in [1.54, 1.807) is 35.6 Å². The van der Waals surface area contributed by atoms with Crippen LogP contribution >= 0.6 is 11.3 Å². The first-order valence-electron chi connectivity index (χ1n) is 10.6. The van der Waals surface area contributed by atoms with Gasteiger partial charge in [0.05, 0.1) is 6.26 Å². The van der Waals surface area contributed by atoms with Gasteiger partial charge in [0.1, 0.15) is 0 Å². The molecule has 0 aliphatic carbocycles. The van der Waals surface area contributed by atoms with Gasteiger partial charge in [-0.25, -0.2) is 0 Å². The molecule has 1 saturated heterocycles. The Labute approximate surface area is 186 Å². The van der Waals surface area contributed by atoms with Crippen molar-refractivity contribution < 1.29 is 14.0 Å². The molecule has 6 nitrogen and oxygen atoms in total. The van der Waals surface area contributed by atoms with Gasteiger partial charge in [0.2, 0.25) is 0 Å². The second-order valence-electron chi connectivity index (χ2n) is 7.99. The molecule has 1 unspecified atom stereocenters. The van der Waals surface area contributed by atoms with E-state index >= 15 is 0 Å². The van der Waals surface area contributed by atoms with E-state index in [1.165, 1.54) is 11.1 Å². The highest BCUT2D eigenvalue weighted by molar-refractivity contribution is 7.09. The van der Waals surface area contributed by atoms with Gasteiger partial charge < -0.3 is 15.1 Å². The summed E-state index contributed by atoms with van der Waals surface area (Å²) >= 11 is 1.79. The summed E-state index contributed by atoms with van der Waals surface area (Å²) in [6.07, 6.45) is 3.73. The van der Waals surface area contributed by atoms with Crippen LogP contribution in [0.2, 0.25) is 0 Å². The monoisotopic (exact) mass is 437 g/mol. The van der Waals surface area contributed by atoms with Gasteiger partial charge in [0, 0.05) is 35.8 Å². The zero-order valence-corrected chi connectivity index (χ0v) is 18.4. The van der Waals surface area contributed by atoms with E-state index in [1.807, 2.05) is 13.0 Å². The van der Waals surface area contributed by atoms with Crippen molar-refractivity contribution >= 4 is 28.8 Å². The summed E-state index contributed by atoms with van der Waals surface area (Å²) < 4.78 is 5.14.